The number of nitrogens with zero attached hydrogens (tertiary/aromatic N) is 1. The summed E-state index contributed by atoms with van der Waals surface area (Å²) in [5, 5.41) is 4.55. The van der Waals surface area contributed by atoms with E-state index in [4.69, 9.17) is 0 Å². The monoisotopic (exact) mass is 260 g/mol. The number of thiazole rings is 1. The Morgan fingerprint density at radius 2 is 2.22 bits per heavy atom. The number of rotatable bonds is 6. The lowest BCUT2D eigenvalue weighted by molar-refractivity contribution is 0.724. The molecule has 96 valence electrons. The summed E-state index contributed by atoms with van der Waals surface area (Å²) in [4.78, 5) is 4.66. The molecule has 18 heavy (non-hydrogen) atoms. The third kappa shape index (κ3) is 3.65. The maximum atomic E-state index is 4.66. The highest BCUT2D eigenvalue weighted by molar-refractivity contribution is 7.18. The molecule has 1 N–H and O–H groups in total. The summed E-state index contributed by atoms with van der Waals surface area (Å²) in [6.45, 7) is 6.44. The fourth-order valence-corrected chi connectivity index (χ4v) is 2.97. The van der Waals surface area contributed by atoms with Crippen molar-refractivity contribution in [1.29, 1.82) is 0 Å². The SMILES string of the molecule is CCNCCC=C(C)Cc1nc2ccccc2s1. The first-order chi connectivity index (χ1) is 8.79. The predicted molar refractivity (Wildman–Crippen MR) is 80.2 cm³/mol. The molecule has 0 aliphatic heterocycles. The van der Waals surface area contributed by atoms with E-state index in [0.717, 1.165) is 31.4 Å². The van der Waals surface area contributed by atoms with Crippen LogP contribution in [0.4, 0.5) is 0 Å². The quantitative estimate of drug-likeness (QED) is 0.631. The molecule has 0 aliphatic carbocycles. The number of para-hydroxylation sites is 1. The maximum absolute atomic E-state index is 4.66. The van der Waals surface area contributed by atoms with E-state index in [9.17, 15) is 0 Å². The van der Waals surface area contributed by atoms with Crippen LogP contribution < -0.4 is 5.32 Å². The molecule has 0 bridgehead atoms. The normalized spacial score (nSPS) is 12.2. The maximum Gasteiger partial charge on any atom is 0.0978 e. The zero-order valence-corrected chi connectivity index (χ0v) is 11.9. The first-order valence-electron chi connectivity index (χ1n) is 6.50. The summed E-state index contributed by atoms with van der Waals surface area (Å²) < 4.78 is 1.29. The first-order valence-corrected chi connectivity index (χ1v) is 7.32. The van der Waals surface area contributed by atoms with Gasteiger partial charge in [-0.05, 0) is 38.6 Å². The van der Waals surface area contributed by atoms with E-state index in [1.54, 1.807) is 11.3 Å². The third-order valence-corrected chi connectivity index (χ3v) is 3.87. The van der Waals surface area contributed by atoms with E-state index in [-0.39, 0.29) is 0 Å². The Labute approximate surface area is 113 Å². The topological polar surface area (TPSA) is 24.9 Å². The first kappa shape index (κ1) is 13.2. The van der Waals surface area contributed by atoms with Crippen LogP contribution >= 0.6 is 11.3 Å². The van der Waals surface area contributed by atoms with E-state index in [0.29, 0.717) is 0 Å². The molecule has 0 aliphatic rings. The van der Waals surface area contributed by atoms with Gasteiger partial charge >= 0.3 is 0 Å². The van der Waals surface area contributed by atoms with Crippen LogP contribution in [0.25, 0.3) is 10.2 Å². The summed E-state index contributed by atoms with van der Waals surface area (Å²) in [6, 6.07) is 8.34. The van der Waals surface area contributed by atoms with Crippen LogP contribution in [0.3, 0.4) is 0 Å². The van der Waals surface area contributed by atoms with Crippen molar-refractivity contribution in [2.75, 3.05) is 13.1 Å². The van der Waals surface area contributed by atoms with Gasteiger partial charge in [0.05, 0.1) is 15.2 Å². The molecule has 0 spiro atoms. The molecule has 1 aromatic carbocycles. The van der Waals surface area contributed by atoms with Crippen molar-refractivity contribution in [1.82, 2.24) is 10.3 Å². The number of benzene rings is 1. The molecule has 0 fully saturated rings. The van der Waals surface area contributed by atoms with Crippen LogP contribution in [0, 0.1) is 0 Å². The van der Waals surface area contributed by atoms with Crippen molar-refractivity contribution in [3.63, 3.8) is 0 Å². The second kappa shape index (κ2) is 6.66. The van der Waals surface area contributed by atoms with Gasteiger partial charge in [-0.1, -0.05) is 30.7 Å². The number of allylic oxidation sites excluding steroid dienone is 1. The molecule has 0 radical (unpaired) electrons. The van der Waals surface area contributed by atoms with Gasteiger partial charge in [-0.3, -0.25) is 0 Å². The van der Waals surface area contributed by atoms with Crippen LogP contribution in [0.15, 0.2) is 35.9 Å². The molecule has 0 unspecified atom stereocenters. The zero-order valence-electron chi connectivity index (χ0n) is 11.1. The van der Waals surface area contributed by atoms with Crippen molar-refractivity contribution in [3.8, 4) is 0 Å². The van der Waals surface area contributed by atoms with Crippen LogP contribution in [-0.2, 0) is 6.42 Å². The number of nitrogens with one attached hydrogen (secondary N) is 1. The van der Waals surface area contributed by atoms with Crippen molar-refractivity contribution < 1.29 is 0 Å². The minimum absolute atomic E-state index is 0.978. The fraction of sp³-hybridized carbons (Fsp3) is 0.400. The minimum Gasteiger partial charge on any atom is -0.317 e. The minimum atomic E-state index is 0.978. The van der Waals surface area contributed by atoms with E-state index in [1.807, 2.05) is 6.07 Å². The standard InChI is InChI=1S/C15H20N2S/c1-3-16-10-6-7-12(2)11-15-17-13-8-4-5-9-14(13)18-15/h4-5,7-9,16H,3,6,10-11H2,1-2H3. The highest BCUT2D eigenvalue weighted by Crippen LogP contribution is 2.23. The fourth-order valence-electron chi connectivity index (χ4n) is 1.90. The summed E-state index contributed by atoms with van der Waals surface area (Å²) >= 11 is 1.80. The average Bonchev–Trinajstić information content (AvgIpc) is 2.76. The van der Waals surface area contributed by atoms with E-state index >= 15 is 0 Å². The number of fused-ring (bicyclic) bond motifs is 1. The van der Waals surface area contributed by atoms with Gasteiger partial charge in [0.25, 0.3) is 0 Å². The highest BCUT2D eigenvalue weighted by atomic mass is 32.1. The predicted octanol–water partition coefficient (Wildman–Crippen LogP) is 3.78. The van der Waals surface area contributed by atoms with E-state index in [2.05, 4.69) is 48.4 Å². The van der Waals surface area contributed by atoms with Gasteiger partial charge in [-0.2, -0.15) is 0 Å². The Bertz CT molecular complexity index is 495. The third-order valence-electron chi connectivity index (χ3n) is 2.83. The summed E-state index contributed by atoms with van der Waals surface area (Å²) in [6.07, 6.45) is 4.39. The number of hydrogen-bond acceptors (Lipinski definition) is 3. The Hall–Kier alpha value is -1.19. The number of aromatic nitrogens is 1. The Balaban J connectivity index is 1.96. The van der Waals surface area contributed by atoms with Crippen molar-refractivity contribution in [2.24, 2.45) is 0 Å². The van der Waals surface area contributed by atoms with Gasteiger partial charge in [0.1, 0.15) is 0 Å². The second-order valence-electron chi connectivity index (χ2n) is 4.44. The van der Waals surface area contributed by atoms with E-state index < -0.39 is 0 Å². The van der Waals surface area contributed by atoms with Crippen molar-refractivity contribution >= 4 is 21.6 Å². The van der Waals surface area contributed by atoms with Gasteiger partial charge in [-0.15, -0.1) is 11.3 Å². The summed E-state index contributed by atoms with van der Waals surface area (Å²) in [5.41, 5.74) is 2.53. The van der Waals surface area contributed by atoms with Gasteiger partial charge in [0.2, 0.25) is 0 Å². The van der Waals surface area contributed by atoms with Gasteiger partial charge in [0, 0.05) is 6.42 Å². The van der Waals surface area contributed by atoms with Crippen LogP contribution in [0.1, 0.15) is 25.3 Å². The van der Waals surface area contributed by atoms with Gasteiger partial charge < -0.3 is 5.32 Å². The Morgan fingerprint density at radius 3 is 3.00 bits per heavy atom. The molecule has 2 aromatic rings. The van der Waals surface area contributed by atoms with Crippen LogP contribution in [-0.4, -0.2) is 18.1 Å². The molecule has 1 aromatic heterocycles. The number of hydrogen-bond donors (Lipinski definition) is 1. The smallest absolute Gasteiger partial charge is 0.0978 e. The molecule has 3 heteroatoms. The second-order valence-corrected chi connectivity index (χ2v) is 5.56. The van der Waals surface area contributed by atoms with Crippen molar-refractivity contribution in [3.05, 3.63) is 40.9 Å². The summed E-state index contributed by atoms with van der Waals surface area (Å²) in [5.74, 6) is 0. The van der Waals surface area contributed by atoms with E-state index in [1.165, 1.54) is 15.3 Å². The lowest BCUT2D eigenvalue weighted by Gasteiger charge is -1.99. The molecule has 2 nitrogen and oxygen atoms in total. The highest BCUT2D eigenvalue weighted by Gasteiger charge is 2.03. The molecular weight excluding hydrogens is 240 g/mol. The van der Waals surface area contributed by atoms with Crippen molar-refractivity contribution in [2.45, 2.75) is 26.7 Å². The average molecular weight is 260 g/mol. The van der Waals surface area contributed by atoms with Crippen LogP contribution in [0.5, 0.6) is 0 Å². The van der Waals surface area contributed by atoms with Gasteiger partial charge in [0.15, 0.2) is 0 Å². The largest absolute Gasteiger partial charge is 0.317 e. The van der Waals surface area contributed by atoms with Crippen LogP contribution in [0.2, 0.25) is 0 Å². The Morgan fingerprint density at radius 1 is 1.39 bits per heavy atom. The Kier molecular flexibility index (Phi) is 4.90. The molecule has 1 heterocycles. The molecule has 0 amide bonds. The molecule has 0 saturated carbocycles. The lowest BCUT2D eigenvalue weighted by atomic mass is 10.2. The van der Waals surface area contributed by atoms with Gasteiger partial charge in [-0.25, -0.2) is 4.98 Å². The zero-order chi connectivity index (χ0) is 12.8. The molecule has 0 saturated heterocycles. The molecule has 0 atom stereocenters. The summed E-state index contributed by atoms with van der Waals surface area (Å²) in [7, 11) is 0. The lowest BCUT2D eigenvalue weighted by Crippen LogP contribution is -2.13. The molecule has 2 rings (SSSR count). The molecular formula is C15H20N2S.